The molecule has 16 heavy (non-hydrogen) atoms. The van der Waals surface area contributed by atoms with Crippen molar-refractivity contribution in [2.24, 2.45) is 5.92 Å². The smallest absolute Gasteiger partial charge is 0.193 e. The second kappa shape index (κ2) is 4.61. The molecule has 0 aromatic carbocycles. The molecule has 2 fully saturated rings. The second-order valence-electron chi connectivity index (χ2n) is 5.68. The van der Waals surface area contributed by atoms with Crippen LogP contribution in [0.25, 0.3) is 0 Å². The molecule has 1 aliphatic carbocycles. The van der Waals surface area contributed by atoms with E-state index in [1.807, 2.05) is 20.8 Å². The Hall–Kier alpha value is -0.160. The Bertz CT molecular complexity index is 236. The molecule has 4 unspecified atom stereocenters. The molecular formula is C12H22O4. The van der Waals surface area contributed by atoms with Crippen molar-refractivity contribution in [1.29, 1.82) is 0 Å². The van der Waals surface area contributed by atoms with Crippen molar-refractivity contribution in [2.45, 2.75) is 64.1 Å². The molecule has 0 aromatic rings. The number of ether oxygens (including phenoxy) is 2. The largest absolute Gasteiger partial charge is 0.370 e. The highest BCUT2D eigenvalue weighted by molar-refractivity contribution is 4.92. The van der Waals surface area contributed by atoms with Crippen LogP contribution in [0.15, 0.2) is 0 Å². The Kier molecular flexibility index (Phi) is 3.54. The number of fused-ring (bicyclic) bond motifs is 1. The molecule has 2 rings (SSSR count). The SMILES string of the molecule is COC(OOC(C)(C)C)C1CCC2OC2C1. The van der Waals surface area contributed by atoms with Gasteiger partial charge < -0.3 is 9.47 Å². The molecule has 4 heteroatoms. The van der Waals surface area contributed by atoms with Crippen molar-refractivity contribution in [3.63, 3.8) is 0 Å². The number of hydrogen-bond acceptors (Lipinski definition) is 4. The van der Waals surface area contributed by atoms with E-state index in [0.717, 1.165) is 19.3 Å². The van der Waals surface area contributed by atoms with Crippen LogP contribution in [0.5, 0.6) is 0 Å². The van der Waals surface area contributed by atoms with Crippen LogP contribution >= 0.6 is 0 Å². The van der Waals surface area contributed by atoms with Crippen molar-refractivity contribution in [3.05, 3.63) is 0 Å². The molecule has 0 bridgehead atoms. The molecule has 4 nitrogen and oxygen atoms in total. The van der Waals surface area contributed by atoms with E-state index in [-0.39, 0.29) is 11.9 Å². The molecule has 0 spiro atoms. The van der Waals surface area contributed by atoms with Crippen LogP contribution in [0.2, 0.25) is 0 Å². The van der Waals surface area contributed by atoms with Crippen molar-refractivity contribution in [1.82, 2.24) is 0 Å². The first-order chi connectivity index (χ1) is 7.49. The predicted molar refractivity (Wildman–Crippen MR) is 58.7 cm³/mol. The highest BCUT2D eigenvalue weighted by Crippen LogP contribution is 2.41. The molecule has 94 valence electrons. The molecule has 0 N–H and O–H groups in total. The van der Waals surface area contributed by atoms with Gasteiger partial charge >= 0.3 is 0 Å². The normalized spacial score (nSPS) is 35.6. The number of hydrogen-bond donors (Lipinski definition) is 0. The van der Waals surface area contributed by atoms with Gasteiger partial charge in [-0.1, -0.05) is 0 Å². The van der Waals surface area contributed by atoms with Gasteiger partial charge in [0.15, 0.2) is 6.29 Å². The summed E-state index contributed by atoms with van der Waals surface area (Å²) in [6.07, 6.45) is 3.91. The number of epoxide rings is 1. The zero-order valence-electron chi connectivity index (χ0n) is 10.6. The van der Waals surface area contributed by atoms with E-state index in [0.29, 0.717) is 18.1 Å². The third-order valence-electron chi connectivity index (χ3n) is 3.05. The summed E-state index contributed by atoms with van der Waals surface area (Å²) < 4.78 is 10.8. The molecule has 4 atom stereocenters. The van der Waals surface area contributed by atoms with E-state index in [9.17, 15) is 0 Å². The molecule has 1 saturated heterocycles. The quantitative estimate of drug-likeness (QED) is 0.321. The molecule has 0 aromatic heterocycles. The monoisotopic (exact) mass is 230 g/mol. The van der Waals surface area contributed by atoms with Crippen LogP contribution in [0.3, 0.4) is 0 Å². The van der Waals surface area contributed by atoms with Gasteiger partial charge in [0.2, 0.25) is 0 Å². The lowest BCUT2D eigenvalue weighted by Crippen LogP contribution is -2.33. The summed E-state index contributed by atoms with van der Waals surface area (Å²) in [4.78, 5) is 10.7. The van der Waals surface area contributed by atoms with Crippen LogP contribution in [0.4, 0.5) is 0 Å². The lowest BCUT2D eigenvalue weighted by Gasteiger charge is -2.29. The van der Waals surface area contributed by atoms with Gasteiger partial charge in [-0.15, -0.1) is 0 Å². The van der Waals surface area contributed by atoms with Gasteiger partial charge in [-0.25, -0.2) is 9.78 Å². The Morgan fingerprint density at radius 3 is 2.50 bits per heavy atom. The second-order valence-corrected chi connectivity index (χ2v) is 5.68. The van der Waals surface area contributed by atoms with Gasteiger partial charge in [0, 0.05) is 13.0 Å². The summed E-state index contributed by atoms with van der Waals surface area (Å²) in [7, 11) is 1.66. The first-order valence-corrected chi connectivity index (χ1v) is 6.02. The van der Waals surface area contributed by atoms with Gasteiger partial charge in [-0.2, -0.15) is 0 Å². The molecular weight excluding hydrogens is 208 g/mol. The number of rotatable bonds is 4. The minimum absolute atomic E-state index is 0.274. The summed E-state index contributed by atoms with van der Waals surface area (Å²) in [5, 5.41) is 0. The topological polar surface area (TPSA) is 40.2 Å². The van der Waals surface area contributed by atoms with E-state index in [1.165, 1.54) is 0 Å². The Morgan fingerprint density at radius 1 is 1.19 bits per heavy atom. The van der Waals surface area contributed by atoms with Gasteiger partial charge in [0.25, 0.3) is 0 Å². The Morgan fingerprint density at radius 2 is 1.94 bits per heavy atom. The average Bonchev–Trinajstić information content (AvgIpc) is 2.95. The minimum atomic E-state index is -0.302. The summed E-state index contributed by atoms with van der Waals surface area (Å²) in [5.41, 5.74) is -0.302. The van der Waals surface area contributed by atoms with E-state index in [2.05, 4.69) is 0 Å². The minimum Gasteiger partial charge on any atom is -0.370 e. The third-order valence-corrected chi connectivity index (χ3v) is 3.05. The summed E-state index contributed by atoms with van der Waals surface area (Å²) in [5.74, 6) is 0.385. The lowest BCUT2D eigenvalue weighted by molar-refractivity contribution is -0.423. The van der Waals surface area contributed by atoms with Gasteiger partial charge in [0.05, 0.1) is 17.8 Å². The number of methoxy groups -OCH3 is 1. The van der Waals surface area contributed by atoms with Crippen LogP contribution in [-0.2, 0) is 19.2 Å². The highest BCUT2D eigenvalue weighted by Gasteiger charge is 2.46. The van der Waals surface area contributed by atoms with E-state index >= 15 is 0 Å². The summed E-state index contributed by atoms with van der Waals surface area (Å²) >= 11 is 0. The zero-order valence-corrected chi connectivity index (χ0v) is 10.6. The fourth-order valence-corrected chi connectivity index (χ4v) is 2.18. The van der Waals surface area contributed by atoms with Crippen molar-refractivity contribution >= 4 is 0 Å². The fourth-order valence-electron chi connectivity index (χ4n) is 2.18. The van der Waals surface area contributed by atoms with Gasteiger partial charge in [-0.3, -0.25) is 0 Å². The molecule has 0 amide bonds. The predicted octanol–water partition coefficient (Wildman–Crippen LogP) is 2.27. The first-order valence-electron chi connectivity index (χ1n) is 6.02. The summed E-state index contributed by atoms with van der Waals surface area (Å²) in [6, 6.07) is 0. The third kappa shape index (κ3) is 3.17. The molecule has 1 heterocycles. The highest BCUT2D eigenvalue weighted by atomic mass is 17.2. The van der Waals surface area contributed by atoms with Crippen LogP contribution < -0.4 is 0 Å². The lowest BCUT2D eigenvalue weighted by atomic mass is 9.89. The molecule has 1 aliphatic heterocycles. The maximum Gasteiger partial charge on any atom is 0.193 e. The first kappa shape index (κ1) is 12.3. The zero-order chi connectivity index (χ0) is 11.8. The van der Waals surface area contributed by atoms with Crippen LogP contribution in [0, 0.1) is 5.92 Å². The van der Waals surface area contributed by atoms with Crippen molar-refractivity contribution < 1.29 is 19.2 Å². The van der Waals surface area contributed by atoms with E-state index < -0.39 is 0 Å². The van der Waals surface area contributed by atoms with Crippen molar-refractivity contribution in [2.75, 3.05) is 7.11 Å². The van der Waals surface area contributed by atoms with E-state index in [1.54, 1.807) is 7.11 Å². The van der Waals surface area contributed by atoms with Crippen LogP contribution in [-0.4, -0.2) is 31.2 Å². The average molecular weight is 230 g/mol. The molecule has 1 saturated carbocycles. The fraction of sp³-hybridized carbons (Fsp3) is 1.00. The van der Waals surface area contributed by atoms with Gasteiger partial charge in [-0.05, 0) is 40.0 Å². The molecule has 0 radical (unpaired) electrons. The maximum absolute atomic E-state index is 5.50. The Labute approximate surface area is 97.1 Å². The van der Waals surface area contributed by atoms with Crippen LogP contribution in [0.1, 0.15) is 40.0 Å². The maximum atomic E-state index is 5.50. The standard InChI is InChI=1S/C12H22O4/c1-12(2,3)16-15-11(13-4)8-5-6-9-10(7-8)14-9/h8-11H,5-7H2,1-4H3. The van der Waals surface area contributed by atoms with Gasteiger partial charge in [0.1, 0.15) is 0 Å². The van der Waals surface area contributed by atoms with Crippen molar-refractivity contribution in [3.8, 4) is 0 Å². The summed E-state index contributed by atoms with van der Waals surface area (Å²) in [6.45, 7) is 5.88. The Balaban J connectivity index is 1.79. The molecule has 2 aliphatic rings. The van der Waals surface area contributed by atoms with E-state index in [4.69, 9.17) is 19.2 Å².